The van der Waals surface area contributed by atoms with Crippen LogP contribution in [0.25, 0.3) is 5.69 Å². The zero-order chi connectivity index (χ0) is 14.7. The SMILES string of the molecule is CC(C)c1cnn(-c2ccccc2)c1CC1CCCCN1. The van der Waals surface area contributed by atoms with E-state index >= 15 is 0 Å². The number of hydrogen-bond acceptors (Lipinski definition) is 2. The predicted octanol–water partition coefficient (Wildman–Crippen LogP) is 3.68. The highest BCUT2D eigenvalue weighted by molar-refractivity contribution is 5.36. The van der Waals surface area contributed by atoms with E-state index in [9.17, 15) is 0 Å². The lowest BCUT2D eigenvalue weighted by Crippen LogP contribution is -2.36. The molecule has 3 heteroatoms. The summed E-state index contributed by atoms with van der Waals surface area (Å²) >= 11 is 0. The van der Waals surface area contributed by atoms with Crippen LogP contribution in [0.2, 0.25) is 0 Å². The van der Waals surface area contributed by atoms with E-state index in [2.05, 4.69) is 65.5 Å². The molecule has 2 heterocycles. The number of benzene rings is 1. The first-order valence-corrected chi connectivity index (χ1v) is 8.11. The molecule has 0 amide bonds. The average Bonchev–Trinajstić information content (AvgIpc) is 2.93. The highest BCUT2D eigenvalue weighted by Crippen LogP contribution is 2.24. The Kier molecular flexibility index (Phi) is 4.39. The number of nitrogens with zero attached hydrogens (tertiary/aromatic N) is 2. The fraction of sp³-hybridized carbons (Fsp3) is 0.500. The van der Waals surface area contributed by atoms with E-state index in [-0.39, 0.29) is 0 Å². The quantitative estimate of drug-likeness (QED) is 0.927. The lowest BCUT2D eigenvalue weighted by molar-refractivity contribution is 0.394. The molecule has 112 valence electrons. The van der Waals surface area contributed by atoms with Gasteiger partial charge in [-0.05, 0) is 43.0 Å². The van der Waals surface area contributed by atoms with Gasteiger partial charge in [-0.15, -0.1) is 0 Å². The Morgan fingerprint density at radius 3 is 2.71 bits per heavy atom. The van der Waals surface area contributed by atoms with Gasteiger partial charge < -0.3 is 5.32 Å². The monoisotopic (exact) mass is 283 g/mol. The molecule has 1 fully saturated rings. The Balaban J connectivity index is 1.93. The summed E-state index contributed by atoms with van der Waals surface area (Å²) < 4.78 is 2.13. The van der Waals surface area contributed by atoms with Crippen molar-refractivity contribution in [2.24, 2.45) is 0 Å². The van der Waals surface area contributed by atoms with Crippen LogP contribution in [0.3, 0.4) is 0 Å². The van der Waals surface area contributed by atoms with Crippen molar-refractivity contribution in [3.05, 3.63) is 47.8 Å². The summed E-state index contributed by atoms with van der Waals surface area (Å²) in [4.78, 5) is 0. The summed E-state index contributed by atoms with van der Waals surface area (Å²) in [6, 6.07) is 11.1. The van der Waals surface area contributed by atoms with E-state index in [0.717, 1.165) is 18.7 Å². The summed E-state index contributed by atoms with van der Waals surface area (Å²) in [5.74, 6) is 0.515. The minimum Gasteiger partial charge on any atom is -0.314 e. The number of rotatable bonds is 4. The fourth-order valence-electron chi connectivity index (χ4n) is 3.20. The highest BCUT2D eigenvalue weighted by atomic mass is 15.3. The number of piperidine rings is 1. The van der Waals surface area contributed by atoms with E-state index in [1.54, 1.807) is 0 Å². The summed E-state index contributed by atoms with van der Waals surface area (Å²) in [6.07, 6.45) is 7.05. The molecule has 1 unspecified atom stereocenters. The molecule has 1 aliphatic heterocycles. The van der Waals surface area contributed by atoms with Crippen molar-refractivity contribution in [1.82, 2.24) is 15.1 Å². The van der Waals surface area contributed by atoms with Gasteiger partial charge in [-0.25, -0.2) is 4.68 Å². The van der Waals surface area contributed by atoms with Crippen LogP contribution in [-0.4, -0.2) is 22.4 Å². The van der Waals surface area contributed by atoms with Crippen LogP contribution < -0.4 is 5.32 Å². The maximum absolute atomic E-state index is 4.66. The third-order valence-corrected chi connectivity index (χ3v) is 4.38. The van der Waals surface area contributed by atoms with Crippen molar-refractivity contribution in [1.29, 1.82) is 0 Å². The van der Waals surface area contributed by atoms with Crippen LogP contribution in [0.5, 0.6) is 0 Å². The van der Waals surface area contributed by atoms with E-state index < -0.39 is 0 Å². The third kappa shape index (κ3) is 3.18. The van der Waals surface area contributed by atoms with Crippen molar-refractivity contribution < 1.29 is 0 Å². The second-order valence-corrected chi connectivity index (χ2v) is 6.30. The van der Waals surface area contributed by atoms with Crippen LogP contribution in [0.1, 0.15) is 50.3 Å². The molecule has 1 aromatic carbocycles. The van der Waals surface area contributed by atoms with Crippen molar-refractivity contribution in [2.75, 3.05) is 6.54 Å². The van der Waals surface area contributed by atoms with Crippen molar-refractivity contribution in [3.8, 4) is 5.69 Å². The molecule has 1 saturated heterocycles. The largest absolute Gasteiger partial charge is 0.314 e. The van der Waals surface area contributed by atoms with E-state index in [4.69, 9.17) is 0 Å². The predicted molar refractivity (Wildman–Crippen MR) is 87.0 cm³/mol. The van der Waals surface area contributed by atoms with Crippen LogP contribution in [0, 0.1) is 0 Å². The molecule has 0 spiro atoms. The van der Waals surface area contributed by atoms with Gasteiger partial charge in [0.25, 0.3) is 0 Å². The molecular formula is C18H25N3. The molecule has 1 N–H and O–H groups in total. The maximum Gasteiger partial charge on any atom is 0.0648 e. The lowest BCUT2D eigenvalue weighted by atomic mass is 9.95. The zero-order valence-electron chi connectivity index (χ0n) is 13.0. The van der Waals surface area contributed by atoms with E-state index in [0.29, 0.717) is 12.0 Å². The van der Waals surface area contributed by atoms with Crippen LogP contribution >= 0.6 is 0 Å². The van der Waals surface area contributed by atoms with Gasteiger partial charge in [0.1, 0.15) is 0 Å². The molecule has 21 heavy (non-hydrogen) atoms. The number of aromatic nitrogens is 2. The van der Waals surface area contributed by atoms with Gasteiger partial charge in [0.15, 0.2) is 0 Å². The van der Waals surface area contributed by atoms with E-state index in [1.165, 1.54) is 30.5 Å². The smallest absolute Gasteiger partial charge is 0.0648 e. The summed E-state index contributed by atoms with van der Waals surface area (Å²) in [6.45, 7) is 5.66. The number of nitrogens with one attached hydrogen (secondary N) is 1. The van der Waals surface area contributed by atoms with Gasteiger partial charge in [0, 0.05) is 18.2 Å². The molecular weight excluding hydrogens is 258 g/mol. The van der Waals surface area contributed by atoms with Crippen molar-refractivity contribution in [2.45, 2.75) is 51.5 Å². The second-order valence-electron chi connectivity index (χ2n) is 6.30. The zero-order valence-corrected chi connectivity index (χ0v) is 13.0. The standard InChI is InChI=1S/C18H25N3/c1-14(2)17-13-20-21(16-9-4-3-5-10-16)18(17)12-15-8-6-7-11-19-15/h3-5,9-10,13-15,19H,6-8,11-12H2,1-2H3. The molecule has 2 aromatic rings. The van der Waals surface area contributed by atoms with Crippen LogP contribution in [-0.2, 0) is 6.42 Å². The van der Waals surface area contributed by atoms with Crippen LogP contribution in [0.4, 0.5) is 0 Å². The lowest BCUT2D eigenvalue weighted by Gasteiger charge is -2.24. The molecule has 0 bridgehead atoms. The van der Waals surface area contributed by atoms with Gasteiger partial charge >= 0.3 is 0 Å². The normalized spacial score (nSPS) is 19.1. The second kappa shape index (κ2) is 6.44. The van der Waals surface area contributed by atoms with E-state index in [1.807, 2.05) is 0 Å². The molecule has 0 aliphatic carbocycles. The molecule has 1 aliphatic rings. The van der Waals surface area contributed by atoms with Gasteiger partial charge in [0.05, 0.1) is 11.9 Å². The molecule has 3 rings (SSSR count). The summed E-state index contributed by atoms with van der Waals surface area (Å²) in [7, 11) is 0. The first-order valence-electron chi connectivity index (χ1n) is 8.11. The maximum atomic E-state index is 4.66. The topological polar surface area (TPSA) is 29.9 Å². The molecule has 1 aromatic heterocycles. The Morgan fingerprint density at radius 1 is 1.24 bits per heavy atom. The third-order valence-electron chi connectivity index (χ3n) is 4.38. The Hall–Kier alpha value is -1.61. The minimum absolute atomic E-state index is 0.515. The number of para-hydroxylation sites is 1. The van der Waals surface area contributed by atoms with Gasteiger partial charge in [-0.1, -0.05) is 38.5 Å². The highest BCUT2D eigenvalue weighted by Gasteiger charge is 2.20. The van der Waals surface area contributed by atoms with Gasteiger partial charge in [-0.3, -0.25) is 0 Å². The fourth-order valence-corrected chi connectivity index (χ4v) is 3.20. The molecule has 1 atom stereocenters. The molecule has 0 radical (unpaired) electrons. The Morgan fingerprint density at radius 2 is 2.05 bits per heavy atom. The number of hydrogen-bond donors (Lipinski definition) is 1. The van der Waals surface area contributed by atoms with Gasteiger partial charge in [-0.2, -0.15) is 5.10 Å². The first-order chi connectivity index (χ1) is 10.3. The Bertz CT molecular complexity index is 565. The first kappa shape index (κ1) is 14.3. The van der Waals surface area contributed by atoms with Crippen molar-refractivity contribution >= 4 is 0 Å². The molecule has 0 saturated carbocycles. The van der Waals surface area contributed by atoms with Crippen LogP contribution in [0.15, 0.2) is 36.5 Å². The minimum atomic E-state index is 0.515. The summed E-state index contributed by atoms with van der Waals surface area (Å²) in [5.41, 5.74) is 3.91. The van der Waals surface area contributed by atoms with Crippen molar-refractivity contribution in [3.63, 3.8) is 0 Å². The molecule has 3 nitrogen and oxygen atoms in total. The summed E-state index contributed by atoms with van der Waals surface area (Å²) in [5, 5.41) is 8.32. The van der Waals surface area contributed by atoms with Gasteiger partial charge in [0.2, 0.25) is 0 Å². The Labute approximate surface area is 127 Å². The average molecular weight is 283 g/mol.